The topological polar surface area (TPSA) is 129 Å². The quantitative estimate of drug-likeness (QED) is 0.200. The number of aromatic hydroxyl groups is 1. The molecule has 0 saturated carbocycles. The first-order chi connectivity index (χ1) is 19.7. The number of aromatic amines is 1. The van der Waals surface area contributed by atoms with Gasteiger partial charge in [0.05, 0.1) is 16.6 Å². The van der Waals surface area contributed by atoms with Crippen LogP contribution in [0, 0.1) is 11.7 Å². The molecule has 3 atom stereocenters. The van der Waals surface area contributed by atoms with Crippen LogP contribution in [-0.4, -0.2) is 39.7 Å². The number of hydrogen-bond acceptors (Lipinski definition) is 8. The van der Waals surface area contributed by atoms with Crippen molar-refractivity contribution in [2.75, 3.05) is 16.8 Å². The average molecular weight is 657 g/mol. The van der Waals surface area contributed by atoms with Crippen LogP contribution in [-0.2, 0) is 14.4 Å². The first-order valence-corrected chi connectivity index (χ1v) is 14.7. The van der Waals surface area contributed by atoms with Gasteiger partial charge in [-0.3, -0.25) is 19.2 Å². The number of anilines is 2. The van der Waals surface area contributed by atoms with Gasteiger partial charge in [-0.15, -0.1) is 0 Å². The number of phenolic OH excluding ortho intramolecular Hbond substituents is 1. The standard InChI is InChI=1S/C28H19BrFN3O6S2/c29-13-1-10-19(39-12-20(35)31-15-4-8-17(34)9-5-15)18(11-13)21-22-24(40-25-23(21)41-28(38)32-25)27(37)33(26(22)36)16-6-2-14(30)3-7-16/h1-11,21-22,24,34H,12H2,(H,31,35)(H,32,38)/t21-,22?,24?/m1/s1. The molecule has 6 rings (SSSR count). The van der Waals surface area contributed by atoms with Gasteiger partial charge in [0.1, 0.15) is 22.6 Å². The molecule has 4 aromatic rings. The van der Waals surface area contributed by atoms with Crippen LogP contribution in [0.4, 0.5) is 15.8 Å². The van der Waals surface area contributed by atoms with Gasteiger partial charge >= 0.3 is 4.87 Å². The van der Waals surface area contributed by atoms with Crippen LogP contribution in [0.15, 0.2) is 81.0 Å². The number of benzene rings is 3. The van der Waals surface area contributed by atoms with Crippen LogP contribution in [0.3, 0.4) is 0 Å². The predicted molar refractivity (Wildman–Crippen MR) is 155 cm³/mol. The normalized spacial score (nSPS) is 19.6. The van der Waals surface area contributed by atoms with Crippen molar-refractivity contribution >= 4 is 68.1 Å². The molecule has 0 radical (unpaired) electrons. The van der Waals surface area contributed by atoms with Gasteiger partial charge in [-0.05, 0) is 66.7 Å². The molecule has 3 amide bonds. The Bertz CT molecular complexity index is 1740. The van der Waals surface area contributed by atoms with Crippen LogP contribution in [0.2, 0.25) is 0 Å². The maximum absolute atomic E-state index is 13.9. The Labute approximate surface area is 248 Å². The number of hydrogen-bond donors (Lipinski definition) is 3. The number of H-pyrrole nitrogens is 1. The maximum Gasteiger partial charge on any atom is 0.305 e. The van der Waals surface area contributed by atoms with Crippen molar-refractivity contribution in [1.82, 2.24) is 4.98 Å². The highest BCUT2D eigenvalue weighted by Crippen LogP contribution is 2.54. The number of thioether (sulfide) groups is 1. The summed E-state index contributed by atoms with van der Waals surface area (Å²) in [6, 6.07) is 16.2. The number of ether oxygens (including phenoxy) is 1. The molecule has 2 unspecified atom stereocenters. The highest BCUT2D eigenvalue weighted by Gasteiger charge is 2.56. The number of nitrogens with one attached hydrogen (secondary N) is 2. The Hall–Kier alpha value is -3.94. The summed E-state index contributed by atoms with van der Waals surface area (Å²) in [5, 5.41) is 11.8. The van der Waals surface area contributed by atoms with E-state index in [1.807, 2.05) is 0 Å². The van der Waals surface area contributed by atoms with Crippen LogP contribution in [0.5, 0.6) is 11.5 Å². The lowest BCUT2D eigenvalue weighted by atomic mass is 9.82. The van der Waals surface area contributed by atoms with E-state index in [0.29, 0.717) is 31.4 Å². The number of nitrogens with zero attached hydrogens (tertiary/aromatic N) is 1. The first kappa shape index (κ1) is 27.2. The van der Waals surface area contributed by atoms with Crippen LogP contribution >= 0.6 is 39.0 Å². The zero-order chi connectivity index (χ0) is 28.8. The van der Waals surface area contributed by atoms with Gasteiger partial charge in [0.25, 0.3) is 5.91 Å². The lowest BCUT2D eigenvalue weighted by Crippen LogP contribution is -2.32. The van der Waals surface area contributed by atoms with E-state index in [0.717, 1.165) is 28.0 Å². The lowest BCUT2D eigenvalue weighted by molar-refractivity contribution is -0.122. The van der Waals surface area contributed by atoms with Gasteiger partial charge in [0.2, 0.25) is 11.8 Å². The molecule has 2 aliphatic heterocycles. The molecule has 9 nitrogen and oxygen atoms in total. The monoisotopic (exact) mass is 655 g/mol. The van der Waals surface area contributed by atoms with Gasteiger partial charge < -0.3 is 20.1 Å². The largest absolute Gasteiger partial charge is 0.508 e. The molecular weight excluding hydrogens is 637 g/mol. The minimum Gasteiger partial charge on any atom is -0.508 e. The number of aromatic nitrogens is 1. The number of halogens is 2. The molecule has 41 heavy (non-hydrogen) atoms. The number of thiazole rings is 1. The zero-order valence-electron chi connectivity index (χ0n) is 20.8. The van der Waals surface area contributed by atoms with Crippen LogP contribution in [0.1, 0.15) is 16.4 Å². The number of rotatable bonds is 6. The van der Waals surface area contributed by atoms with Gasteiger partial charge in [-0.1, -0.05) is 39.0 Å². The number of fused-ring (bicyclic) bond motifs is 2. The van der Waals surface area contributed by atoms with Crippen molar-refractivity contribution in [3.05, 3.63) is 97.1 Å². The number of imide groups is 1. The molecule has 3 aromatic carbocycles. The smallest absolute Gasteiger partial charge is 0.305 e. The Morgan fingerprint density at radius 2 is 1.78 bits per heavy atom. The molecule has 0 spiro atoms. The Kier molecular flexibility index (Phi) is 7.18. The summed E-state index contributed by atoms with van der Waals surface area (Å²) in [4.78, 5) is 56.7. The van der Waals surface area contributed by atoms with E-state index in [4.69, 9.17) is 4.74 Å². The molecule has 2 aliphatic rings. The van der Waals surface area contributed by atoms with E-state index in [9.17, 15) is 28.7 Å². The van der Waals surface area contributed by atoms with Crippen molar-refractivity contribution in [3.63, 3.8) is 0 Å². The predicted octanol–water partition coefficient (Wildman–Crippen LogP) is 4.86. The van der Waals surface area contributed by atoms with Crippen molar-refractivity contribution < 1.29 is 28.6 Å². The van der Waals surface area contributed by atoms with E-state index in [-0.39, 0.29) is 22.9 Å². The Morgan fingerprint density at radius 3 is 2.51 bits per heavy atom. The van der Waals surface area contributed by atoms with Gasteiger partial charge in [-0.25, -0.2) is 9.29 Å². The summed E-state index contributed by atoms with van der Waals surface area (Å²) in [6.45, 7) is -0.365. The molecule has 0 bridgehead atoms. The summed E-state index contributed by atoms with van der Waals surface area (Å²) in [6.07, 6.45) is 0. The van der Waals surface area contributed by atoms with Gasteiger partial charge in [0, 0.05) is 26.5 Å². The second-order valence-corrected chi connectivity index (χ2v) is 12.4. The van der Waals surface area contributed by atoms with Crippen molar-refractivity contribution in [3.8, 4) is 11.5 Å². The second kappa shape index (κ2) is 10.8. The Morgan fingerprint density at radius 1 is 1.05 bits per heavy atom. The fraction of sp³-hybridized carbons (Fsp3) is 0.143. The van der Waals surface area contributed by atoms with Crippen LogP contribution in [0.25, 0.3) is 0 Å². The van der Waals surface area contributed by atoms with Gasteiger partial charge in [-0.2, -0.15) is 0 Å². The minimum atomic E-state index is -0.890. The molecule has 0 aliphatic carbocycles. The van der Waals surface area contributed by atoms with E-state index in [1.54, 1.807) is 30.3 Å². The highest BCUT2D eigenvalue weighted by atomic mass is 79.9. The Balaban J connectivity index is 1.36. The fourth-order valence-corrected chi connectivity index (χ4v) is 7.86. The molecule has 1 aromatic heterocycles. The summed E-state index contributed by atoms with van der Waals surface area (Å²) < 4.78 is 20.2. The summed E-state index contributed by atoms with van der Waals surface area (Å²) in [5.41, 5.74) is 1.24. The third-order valence-electron chi connectivity index (χ3n) is 6.73. The number of phenols is 1. The number of carbonyl (C=O) groups is 3. The highest BCUT2D eigenvalue weighted by molar-refractivity contribution is 9.10. The van der Waals surface area contributed by atoms with Crippen molar-refractivity contribution in [1.29, 1.82) is 0 Å². The van der Waals surface area contributed by atoms with E-state index in [2.05, 4.69) is 26.2 Å². The van der Waals surface area contributed by atoms with E-state index < -0.39 is 40.6 Å². The van der Waals surface area contributed by atoms with Crippen molar-refractivity contribution in [2.45, 2.75) is 16.2 Å². The SMILES string of the molecule is O=C(COc1ccc(Br)cc1[C@H]1c2sc(=O)[nH]c2SC2C(=O)N(c3ccc(F)cc3)C(=O)C21)Nc1ccc(O)cc1. The molecule has 1 saturated heterocycles. The zero-order valence-corrected chi connectivity index (χ0v) is 24.0. The third-order valence-corrected chi connectivity index (χ3v) is 9.62. The number of carbonyl (C=O) groups excluding carboxylic acids is 3. The molecule has 3 heterocycles. The summed E-state index contributed by atoms with van der Waals surface area (Å²) in [5.74, 6) is -3.17. The molecular formula is C28H19BrFN3O6S2. The van der Waals surface area contributed by atoms with E-state index >= 15 is 0 Å². The molecule has 1 fully saturated rings. The molecule has 13 heteroatoms. The van der Waals surface area contributed by atoms with Crippen LogP contribution < -0.4 is 19.8 Å². The summed E-state index contributed by atoms with van der Waals surface area (Å²) in [7, 11) is 0. The number of amides is 3. The second-order valence-electron chi connectivity index (χ2n) is 9.30. The van der Waals surface area contributed by atoms with E-state index in [1.165, 1.54) is 36.4 Å². The lowest BCUT2D eigenvalue weighted by Gasteiger charge is -2.31. The van der Waals surface area contributed by atoms with Gasteiger partial charge in [0.15, 0.2) is 6.61 Å². The minimum absolute atomic E-state index is 0.0621. The molecule has 3 N–H and O–H groups in total. The fourth-order valence-electron chi connectivity index (χ4n) is 4.98. The third kappa shape index (κ3) is 5.16. The maximum atomic E-state index is 13.9. The molecule has 208 valence electrons. The average Bonchev–Trinajstić information content (AvgIpc) is 3.44. The van der Waals surface area contributed by atoms with Crippen molar-refractivity contribution in [2.24, 2.45) is 5.92 Å². The first-order valence-electron chi connectivity index (χ1n) is 12.2. The summed E-state index contributed by atoms with van der Waals surface area (Å²) >= 11 is 5.55.